The number of aliphatic hydroxyl groups excluding tert-OH is 1. The van der Waals surface area contributed by atoms with Crippen molar-refractivity contribution in [1.82, 2.24) is 14.7 Å². The summed E-state index contributed by atoms with van der Waals surface area (Å²) in [6.45, 7) is 11.1. The van der Waals surface area contributed by atoms with E-state index in [1.165, 1.54) is 25.9 Å². The van der Waals surface area contributed by atoms with E-state index in [0.29, 0.717) is 18.1 Å². The summed E-state index contributed by atoms with van der Waals surface area (Å²) in [5, 5.41) is 9.70. The fraction of sp³-hybridized carbons (Fsp3) is 0.739. The molecule has 2 aliphatic rings. The first-order valence-electron chi connectivity index (χ1n) is 11.1. The first-order valence-corrected chi connectivity index (χ1v) is 11.1. The Hall–Kier alpha value is -1.34. The van der Waals surface area contributed by atoms with Gasteiger partial charge < -0.3 is 19.5 Å². The zero-order valence-electron chi connectivity index (χ0n) is 18.6. The van der Waals surface area contributed by atoms with E-state index < -0.39 is 0 Å². The SMILES string of the molecule is COc1cccc(OC)c1CN1CCN(C2CCN(C(C)C)CC2)[C@H](CCO)C1. The molecule has 0 unspecified atom stereocenters. The molecule has 2 fully saturated rings. The monoisotopic (exact) mass is 405 g/mol. The molecule has 29 heavy (non-hydrogen) atoms. The van der Waals surface area contributed by atoms with E-state index in [4.69, 9.17) is 9.47 Å². The van der Waals surface area contributed by atoms with Crippen molar-refractivity contribution in [2.45, 2.75) is 57.8 Å². The van der Waals surface area contributed by atoms with Crippen LogP contribution in [0.15, 0.2) is 18.2 Å². The lowest BCUT2D eigenvalue weighted by atomic mass is 9.97. The maximum absolute atomic E-state index is 9.70. The number of rotatable bonds is 8. The van der Waals surface area contributed by atoms with Gasteiger partial charge in [0.05, 0.1) is 19.8 Å². The number of hydrogen-bond acceptors (Lipinski definition) is 6. The summed E-state index contributed by atoms with van der Waals surface area (Å²) < 4.78 is 11.2. The molecule has 1 aromatic carbocycles. The van der Waals surface area contributed by atoms with Crippen molar-refractivity contribution < 1.29 is 14.6 Å². The molecule has 0 saturated carbocycles. The second-order valence-corrected chi connectivity index (χ2v) is 8.64. The third-order valence-corrected chi connectivity index (χ3v) is 6.68. The second-order valence-electron chi connectivity index (χ2n) is 8.64. The van der Waals surface area contributed by atoms with E-state index in [9.17, 15) is 5.11 Å². The van der Waals surface area contributed by atoms with Gasteiger partial charge in [-0.2, -0.15) is 0 Å². The van der Waals surface area contributed by atoms with E-state index in [0.717, 1.165) is 49.7 Å². The minimum absolute atomic E-state index is 0.248. The summed E-state index contributed by atoms with van der Waals surface area (Å²) in [6.07, 6.45) is 3.31. The number of methoxy groups -OCH3 is 2. The van der Waals surface area contributed by atoms with Crippen LogP contribution in [0, 0.1) is 0 Å². The van der Waals surface area contributed by atoms with Crippen molar-refractivity contribution in [3.8, 4) is 11.5 Å². The Labute approximate surface area is 176 Å². The summed E-state index contributed by atoms with van der Waals surface area (Å²) in [5.41, 5.74) is 1.11. The number of benzene rings is 1. The number of hydrogen-bond donors (Lipinski definition) is 1. The van der Waals surface area contributed by atoms with Crippen molar-refractivity contribution in [2.24, 2.45) is 0 Å². The number of ether oxygens (including phenoxy) is 2. The normalized spacial score (nSPS) is 22.9. The summed E-state index contributed by atoms with van der Waals surface area (Å²) in [4.78, 5) is 7.76. The summed E-state index contributed by atoms with van der Waals surface area (Å²) in [6, 6.07) is 7.66. The minimum Gasteiger partial charge on any atom is -0.496 e. The van der Waals surface area contributed by atoms with E-state index in [2.05, 4.69) is 28.5 Å². The Kier molecular flexibility index (Phi) is 8.18. The molecule has 1 atom stereocenters. The van der Waals surface area contributed by atoms with Crippen LogP contribution in [0.2, 0.25) is 0 Å². The molecule has 6 nitrogen and oxygen atoms in total. The van der Waals surface area contributed by atoms with Crippen LogP contribution in [-0.2, 0) is 6.54 Å². The Balaban J connectivity index is 1.65. The average Bonchev–Trinajstić information content (AvgIpc) is 2.74. The third kappa shape index (κ3) is 5.43. The standard InChI is InChI=1S/C23H39N3O3/c1-18(2)25-11-8-19(9-12-25)26-14-13-24(16-20(26)10-15-27)17-21-22(28-3)6-5-7-23(21)29-4/h5-7,18-20,27H,8-17H2,1-4H3/t20-/m1/s1. The Bertz CT molecular complexity index is 610. The highest BCUT2D eigenvalue weighted by Crippen LogP contribution is 2.31. The van der Waals surface area contributed by atoms with Crippen LogP contribution in [0.5, 0.6) is 11.5 Å². The van der Waals surface area contributed by atoms with Gasteiger partial charge in [-0.15, -0.1) is 0 Å². The average molecular weight is 406 g/mol. The van der Waals surface area contributed by atoms with Crippen molar-refractivity contribution >= 4 is 0 Å². The fourth-order valence-electron chi connectivity index (χ4n) is 5.01. The van der Waals surface area contributed by atoms with Gasteiger partial charge in [-0.25, -0.2) is 0 Å². The van der Waals surface area contributed by atoms with Crippen LogP contribution in [0.25, 0.3) is 0 Å². The molecule has 1 aromatic rings. The van der Waals surface area contributed by atoms with Crippen molar-refractivity contribution in [3.05, 3.63) is 23.8 Å². The maximum atomic E-state index is 9.70. The molecule has 1 N–H and O–H groups in total. The van der Waals surface area contributed by atoms with Gasteiger partial charge in [0.25, 0.3) is 0 Å². The number of aliphatic hydroxyl groups is 1. The van der Waals surface area contributed by atoms with E-state index in [-0.39, 0.29) is 6.61 Å². The Morgan fingerprint density at radius 1 is 1.03 bits per heavy atom. The van der Waals surface area contributed by atoms with Gasteiger partial charge in [0.1, 0.15) is 11.5 Å². The molecular formula is C23H39N3O3. The van der Waals surface area contributed by atoms with Crippen molar-refractivity contribution in [1.29, 1.82) is 0 Å². The van der Waals surface area contributed by atoms with Gasteiger partial charge >= 0.3 is 0 Å². The lowest BCUT2D eigenvalue weighted by Crippen LogP contribution is -2.58. The van der Waals surface area contributed by atoms with Gasteiger partial charge in [-0.1, -0.05) is 6.07 Å². The molecule has 3 rings (SSSR count). The Morgan fingerprint density at radius 3 is 2.24 bits per heavy atom. The lowest BCUT2D eigenvalue weighted by Gasteiger charge is -2.48. The van der Waals surface area contributed by atoms with E-state index in [1.54, 1.807) is 14.2 Å². The van der Waals surface area contributed by atoms with Crippen molar-refractivity contribution in [2.75, 3.05) is 53.6 Å². The van der Waals surface area contributed by atoms with Gasteiger partial charge in [-0.3, -0.25) is 9.80 Å². The lowest BCUT2D eigenvalue weighted by molar-refractivity contribution is -0.000362. The van der Waals surface area contributed by atoms with Crippen LogP contribution in [0.3, 0.4) is 0 Å². The third-order valence-electron chi connectivity index (χ3n) is 6.68. The van der Waals surface area contributed by atoms with Gasteiger partial charge in [0, 0.05) is 50.9 Å². The highest BCUT2D eigenvalue weighted by molar-refractivity contribution is 5.44. The predicted octanol–water partition coefficient (Wildman–Crippen LogP) is 2.45. The van der Waals surface area contributed by atoms with Crippen LogP contribution in [0.4, 0.5) is 0 Å². The van der Waals surface area contributed by atoms with Crippen LogP contribution >= 0.6 is 0 Å². The van der Waals surface area contributed by atoms with E-state index >= 15 is 0 Å². The van der Waals surface area contributed by atoms with Crippen LogP contribution in [0.1, 0.15) is 38.7 Å². The number of nitrogens with zero attached hydrogens (tertiary/aromatic N) is 3. The predicted molar refractivity (Wildman–Crippen MR) is 117 cm³/mol. The molecular weight excluding hydrogens is 366 g/mol. The zero-order chi connectivity index (χ0) is 20.8. The molecule has 6 heteroatoms. The largest absolute Gasteiger partial charge is 0.496 e. The summed E-state index contributed by atoms with van der Waals surface area (Å²) >= 11 is 0. The molecule has 164 valence electrons. The maximum Gasteiger partial charge on any atom is 0.127 e. The first-order chi connectivity index (χ1) is 14.1. The molecule has 0 aromatic heterocycles. The topological polar surface area (TPSA) is 48.4 Å². The number of likely N-dealkylation sites (tertiary alicyclic amines) is 1. The first kappa shape index (κ1) is 22.3. The zero-order valence-corrected chi connectivity index (χ0v) is 18.6. The minimum atomic E-state index is 0.248. The molecule has 0 radical (unpaired) electrons. The molecule has 0 aliphatic carbocycles. The summed E-state index contributed by atoms with van der Waals surface area (Å²) in [5.74, 6) is 1.76. The molecule has 2 saturated heterocycles. The highest BCUT2D eigenvalue weighted by atomic mass is 16.5. The van der Waals surface area contributed by atoms with Gasteiger partial charge in [-0.05, 0) is 58.3 Å². The molecule has 2 heterocycles. The molecule has 0 bridgehead atoms. The quantitative estimate of drug-likeness (QED) is 0.717. The molecule has 0 amide bonds. The number of piperazine rings is 1. The smallest absolute Gasteiger partial charge is 0.127 e. The van der Waals surface area contributed by atoms with Crippen LogP contribution < -0.4 is 9.47 Å². The molecule has 0 spiro atoms. The summed E-state index contributed by atoms with van der Waals surface area (Å²) in [7, 11) is 3.43. The van der Waals surface area contributed by atoms with Gasteiger partial charge in [0.2, 0.25) is 0 Å². The fourth-order valence-corrected chi connectivity index (χ4v) is 5.01. The Morgan fingerprint density at radius 2 is 1.69 bits per heavy atom. The van der Waals surface area contributed by atoms with Crippen molar-refractivity contribution in [3.63, 3.8) is 0 Å². The molecule has 2 aliphatic heterocycles. The number of piperidine rings is 1. The second kappa shape index (κ2) is 10.6. The highest BCUT2D eigenvalue weighted by Gasteiger charge is 2.34. The van der Waals surface area contributed by atoms with E-state index in [1.807, 2.05) is 18.2 Å². The van der Waals surface area contributed by atoms with Crippen LogP contribution in [-0.4, -0.2) is 91.5 Å². The van der Waals surface area contributed by atoms with Gasteiger partial charge in [0.15, 0.2) is 0 Å².